The maximum Gasteiger partial charge on any atom is 0.357 e. The van der Waals surface area contributed by atoms with Crippen LogP contribution in [0, 0.1) is 0 Å². The minimum Gasteiger partial charge on any atom is -0.458 e. The standard InChI is InChI=1S/C18H19ClN2O3/c1-12(8-10-21-9-2-3-17(21)22)24-18(23)15-7-5-13-4-6-14(19)11-16(13)20-15/h4-7,11-12H,2-3,8-10H2,1H3. The first kappa shape index (κ1) is 16.7. The Morgan fingerprint density at radius 1 is 1.38 bits per heavy atom. The smallest absolute Gasteiger partial charge is 0.357 e. The lowest BCUT2D eigenvalue weighted by atomic mass is 10.2. The Kier molecular flexibility index (Phi) is 5.00. The number of rotatable bonds is 5. The molecule has 2 heterocycles. The molecule has 1 fully saturated rings. The molecule has 1 aliphatic heterocycles. The van der Waals surface area contributed by atoms with Crippen LogP contribution in [0.15, 0.2) is 30.3 Å². The van der Waals surface area contributed by atoms with Gasteiger partial charge >= 0.3 is 5.97 Å². The highest BCUT2D eigenvalue weighted by Gasteiger charge is 2.21. The summed E-state index contributed by atoms with van der Waals surface area (Å²) in [4.78, 5) is 30.0. The molecular weight excluding hydrogens is 328 g/mol. The highest BCUT2D eigenvalue weighted by atomic mass is 35.5. The third-order valence-corrected chi connectivity index (χ3v) is 4.38. The zero-order chi connectivity index (χ0) is 17.1. The summed E-state index contributed by atoms with van der Waals surface area (Å²) in [6, 6.07) is 8.83. The summed E-state index contributed by atoms with van der Waals surface area (Å²) in [6.07, 6.45) is 1.88. The van der Waals surface area contributed by atoms with Crippen molar-refractivity contribution in [3.05, 3.63) is 41.0 Å². The zero-order valence-electron chi connectivity index (χ0n) is 13.5. The van der Waals surface area contributed by atoms with Crippen LogP contribution in [0.2, 0.25) is 5.02 Å². The van der Waals surface area contributed by atoms with E-state index < -0.39 is 5.97 Å². The number of ether oxygens (including phenoxy) is 1. The van der Waals surface area contributed by atoms with Gasteiger partial charge in [-0.1, -0.05) is 23.7 Å². The summed E-state index contributed by atoms with van der Waals surface area (Å²) >= 11 is 5.96. The second-order valence-corrected chi connectivity index (χ2v) is 6.46. The number of fused-ring (bicyclic) bond motifs is 1. The average Bonchev–Trinajstić information content (AvgIpc) is 2.97. The second-order valence-electron chi connectivity index (χ2n) is 6.02. The number of hydrogen-bond donors (Lipinski definition) is 0. The molecule has 1 aromatic heterocycles. The van der Waals surface area contributed by atoms with Gasteiger partial charge in [-0.05, 0) is 31.5 Å². The predicted octanol–water partition coefficient (Wildman–Crippen LogP) is 3.45. The lowest BCUT2D eigenvalue weighted by Gasteiger charge is -2.19. The van der Waals surface area contributed by atoms with E-state index >= 15 is 0 Å². The molecule has 0 aliphatic carbocycles. The van der Waals surface area contributed by atoms with Gasteiger partial charge in [-0.2, -0.15) is 0 Å². The number of amides is 1. The van der Waals surface area contributed by atoms with Crippen molar-refractivity contribution in [1.82, 2.24) is 9.88 Å². The summed E-state index contributed by atoms with van der Waals surface area (Å²) in [5, 5.41) is 1.49. The van der Waals surface area contributed by atoms with Crippen molar-refractivity contribution in [3.8, 4) is 0 Å². The third kappa shape index (κ3) is 3.85. The SMILES string of the molecule is CC(CCN1CCCC1=O)OC(=O)c1ccc2ccc(Cl)cc2n1. The normalized spacial score (nSPS) is 15.8. The minimum atomic E-state index is -0.461. The van der Waals surface area contributed by atoms with Gasteiger partial charge in [-0.3, -0.25) is 4.79 Å². The fourth-order valence-corrected chi connectivity index (χ4v) is 2.95. The highest BCUT2D eigenvalue weighted by molar-refractivity contribution is 6.31. The Hall–Kier alpha value is -2.14. The van der Waals surface area contributed by atoms with Gasteiger partial charge < -0.3 is 9.64 Å². The van der Waals surface area contributed by atoms with Crippen molar-refractivity contribution < 1.29 is 14.3 Å². The molecule has 1 atom stereocenters. The van der Waals surface area contributed by atoms with Crippen LogP contribution in [0.5, 0.6) is 0 Å². The number of halogens is 1. The molecule has 1 amide bonds. The summed E-state index contributed by atoms with van der Waals surface area (Å²) in [5.41, 5.74) is 0.918. The molecule has 1 aliphatic rings. The molecule has 2 aromatic rings. The Morgan fingerprint density at radius 2 is 2.17 bits per heavy atom. The molecule has 24 heavy (non-hydrogen) atoms. The monoisotopic (exact) mass is 346 g/mol. The van der Waals surface area contributed by atoms with Crippen LogP contribution < -0.4 is 0 Å². The van der Waals surface area contributed by atoms with E-state index in [4.69, 9.17) is 16.3 Å². The predicted molar refractivity (Wildman–Crippen MR) is 92.1 cm³/mol. The number of carbonyl (C=O) groups is 2. The molecule has 126 valence electrons. The van der Waals surface area contributed by atoms with E-state index in [0.29, 0.717) is 29.9 Å². The summed E-state index contributed by atoms with van der Waals surface area (Å²) < 4.78 is 5.44. The Labute approximate surface area is 145 Å². The van der Waals surface area contributed by atoms with Crippen LogP contribution in [0.3, 0.4) is 0 Å². The van der Waals surface area contributed by atoms with Crippen LogP contribution in [-0.2, 0) is 9.53 Å². The number of aromatic nitrogens is 1. The lowest BCUT2D eigenvalue weighted by molar-refractivity contribution is -0.127. The topological polar surface area (TPSA) is 59.5 Å². The molecule has 5 nitrogen and oxygen atoms in total. The van der Waals surface area contributed by atoms with Crippen LogP contribution in [0.1, 0.15) is 36.7 Å². The molecule has 6 heteroatoms. The van der Waals surface area contributed by atoms with Gasteiger partial charge in [0, 0.05) is 36.3 Å². The molecule has 1 saturated heterocycles. The molecule has 1 unspecified atom stereocenters. The van der Waals surface area contributed by atoms with E-state index in [2.05, 4.69) is 4.98 Å². The molecule has 0 bridgehead atoms. The summed E-state index contributed by atoms with van der Waals surface area (Å²) in [7, 11) is 0. The van der Waals surface area contributed by atoms with Crippen molar-refractivity contribution in [2.75, 3.05) is 13.1 Å². The highest BCUT2D eigenvalue weighted by Crippen LogP contribution is 2.19. The number of esters is 1. The summed E-state index contributed by atoms with van der Waals surface area (Å²) in [5.74, 6) is -0.279. The largest absolute Gasteiger partial charge is 0.458 e. The maximum atomic E-state index is 12.2. The van der Waals surface area contributed by atoms with E-state index in [1.807, 2.05) is 24.0 Å². The van der Waals surface area contributed by atoms with Crippen LogP contribution in [0.4, 0.5) is 0 Å². The minimum absolute atomic E-state index is 0.182. The van der Waals surface area contributed by atoms with Gasteiger partial charge in [0.25, 0.3) is 0 Å². The first-order chi connectivity index (χ1) is 11.5. The fourth-order valence-electron chi connectivity index (χ4n) is 2.78. The Morgan fingerprint density at radius 3 is 2.92 bits per heavy atom. The van der Waals surface area contributed by atoms with E-state index in [1.54, 1.807) is 18.2 Å². The molecule has 0 radical (unpaired) electrons. The number of benzene rings is 1. The molecule has 1 aromatic carbocycles. The first-order valence-electron chi connectivity index (χ1n) is 8.08. The quantitative estimate of drug-likeness (QED) is 0.778. The first-order valence-corrected chi connectivity index (χ1v) is 8.46. The van der Waals surface area contributed by atoms with Gasteiger partial charge in [-0.15, -0.1) is 0 Å². The number of nitrogens with zero attached hydrogens (tertiary/aromatic N) is 2. The van der Waals surface area contributed by atoms with Crippen LogP contribution in [0.25, 0.3) is 10.9 Å². The molecular formula is C18H19ClN2O3. The van der Waals surface area contributed by atoms with Gasteiger partial charge in [-0.25, -0.2) is 9.78 Å². The Bertz CT molecular complexity index is 778. The third-order valence-electron chi connectivity index (χ3n) is 4.15. The lowest BCUT2D eigenvalue weighted by Crippen LogP contribution is -2.29. The fraction of sp³-hybridized carbons (Fsp3) is 0.389. The average molecular weight is 347 g/mol. The molecule has 0 N–H and O–H groups in total. The van der Waals surface area contributed by atoms with Crippen molar-refractivity contribution in [1.29, 1.82) is 0 Å². The van der Waals surface area contributed by atoms with Gasteiger partial charge in [0.15, 0.2) is 0 Å². The van der Waals surface area contributed by atoms with Gasteiger partial charge in [0.1, 0.15) is 11.8 Å². The van der Waals surface area contributed by atoms with Gasteiger partial charge in [0.2, 0.25) is 5.91 Å². The second kappa shape index (κ2) is 7.18. The zero-order valence-corrected chi connectivity index (χ0v) is 14.3. The number of likely N-dealkylation sites (tertiary alicyclic amines) is 1. The van der Waals surface area contributed by atoms with E-state index in [0.717, 1.165) is 18.4 Å². The van der Waals surface area contributed by atoms with Crippen LogP contribution >= 0.6 is 11.6 Å². The van der Waals surface area contributed by atoms with E-state index in [1.165, 1.54) is 0 Å². The number of pyridine rings is 1. The van der Waals surface area contributed by atoms with Gasteiger partial charge in [0.05, 0.1) is 5.52 Å². The van der Waals surface area contributed by atoms with Crippen molar-refractivity contribution in [3.63, 3.8) is 0 Å². The van der Waals surface area contributed by atoms with Crippen molar-refractivity contribution in [2.45, 2.75) is 32.3 Å². The van der Waals surface area contributed by atoms with E-state index in [-0.39, 0.29) is 17.7 Å². The molecule has 3 rings (SSSR count). The summed E-state index contributed by atoms with van der Waals surface area (Å²) in [6.45, 7) is 3.25. The number of hydrogen-bond acceptors (Lipinski definition) is 4. The van der Waals surface area contributed by atoms with Crippen LogP contribution in [-0.4, -0.2) is 41.0 Å². The number of carbonyl (C=O) groups excluding carboxylic acids is 2. The van der Waals surface area contributed by atoms with Crippen molar-refractivity contribution >= 4 is 34.4 Å². The van der Waals surface area contributed by atoms with Crippen molar-refractivity contribution in [2.24, 2.45) is 0 Å². The Balaban J connectivity index is 1.60. The molecule has 0 saturated carbocycles. The van der Waals surface area contributed by atoms with E-state index in [9.17, 15) is 9.59 Å². The maximum absolute atomic E-state index is 12.2. The molecule has 0 spiro atoms.